The quantitative estimate of drug-likeness (QED) is 0.393. The van der Waals surface area contributed by atoms with Gasteiger partial charge < -0.3 is 15.1 Å². The highest BCUT2D eigenvalue weighted by Crippen LogP contribution is 2.25. The van der Waals surface area contributed by atoms with Crippen LogP contribution >= 0.6 is 35.7 Å². The first-order chi connectivity index (χ1) is 10.9. The van der Waals surface area contributed by atoms with Crippen LogP contribution in [0.3, 0.4) is 0 Å². The van der Waals surface area contributed by atoms with Crippen LogP contribution in [0.5, 0.6) is 0 Å². The van der Waals surface area contributed by atoms with Crippen molar-refractivity contribution in [2.45, 2.75) is 32.1 Å². The summed E-state index contributed by atoms with van der Waals surface area (Å²) < 4.78 is 19.3. The Morgan fingerprint density at radius 2 is 2.04 bits per heavy atom. The largest absolute Gasteiger partial charge is 0.459 e. The van der Waals surface area contributed by atoms with Gasteiger partial charge >= 0.3 is 0 Å². The van der Waals surface area contributed by atoms with Crippen LogP contribution in [0.15, 0.2) is 27.6 Å². The molecule has 0 saturated carbocycles. The third kappa shape index (κ3) is 5.27. The Hall–Kier alpha value is -0.960. The van der Waals surface area contributed by atoms with Crippen molar-refractivity contribution in [1.29, 1.82) is 0 Å². The van der Waals surface area contributed by atoms with E-state index in [2.05, 4.69) is 35.7 Å². The number of nitrogens with one attached hydrogen (secondary N) is 2. The second-order valence-electron chi connectivity index (χ2n) is 6.03. The summed E-state index contributed by atoms with van der Waals surface area (Å²) in [6.45, 7) is 7.60. The zero-order valence-corrected chi connectivity index (χ0v) is 17.8. The van der Waals surface area contributed by atoms with Gasteiger partial charge in [-0.25, -0.2) is 4.39 Å². The van der Waals surface area contributed by atoms with Crippen molar-refractivity contribution < 1.29 is 8.81 Å². The lowest BCUT2D eigenvalue weighted by atomic mass is 10.1. The fraction of sp³-hybridized carbons (Fsp3) is 0.471. The smallest absolute Gasteiger partial charge is 0.191 e. The summed E-state index contributed by atoms with van der Waals surface area (Å²) in [5, 5.41) is 7.36. The molecular formula is C17H25FIN3OS. The molecule has 1 aromatic carbocycles. The molecule has 1 aromatic heterocycles. The lowest BCUT2D eigenvalue weighted by Gasteiger charge is -2.23. The zero-order valence-electron chi connectivity index (χ0n) is 14.7. The van der Waals surface area contributed by atoms with Crippen LogP contribution in [0.25, 0.3) is 11.0 Å². The first kappa shape index (κ1) is 21.1. The van der Waals surface area contributed by atoms with E-state index in [0.717, 1.165) is 29.2 Å². The van der Waals surface area contributed by atoms with Crippen molar-refractivity contribution in [2.24, 2.45) is 4.99 Å². The molecule has 1 heterocycles. The Morgan fingerprint density at radius 1 is 1.33 bits per heavy atom. The average molecular weight is 465 g/mol. The summed E-state index contributed by atoms with van der Waals surface area (Å²) >= 11 is 1.80. The molecule has 0 aliphatic rings. The van der Waals surface area contributed by atoms with Crippen LogP contribution in [-0.2, 0) is 6.54 Å². The molecule has 4 nitrogen and oxygen atoms in total. The summed E-state index contributed by atoms with van der Waals surface area (Å²) in [5.74, 6) is 1.26. The van der Waals surface area contributed by atoms with Crippen LogP contribution in [0.2, 0.25) is 0 Å². The average Bonchev–Trinajstić information content (AvgIpc) is 2.84. The molecule has 2 aromatic rings. The molecule has 0 spiro atoms. The predicted molar refractivity (Wildman–Crippen MR) is 112 cm³/mol. The van der Waals surface area contributed by atoms with E-state index in [1.165, 1.54) is 12.1 Å². The van der Waals surface area contributed by atoms with Crippen molar-refractivity contribution in [3.63, 3.8) is 0 Å². The molecule has 2 N–H and O–H groups in total. The van der Waals surface area contributed by atoms with Gasteiger partial charge in [0.05, 0.1) is 6.54 Å². The number of hydrogen-bond acceptors (Lipinski definition) is 3. The summed E-state index contributed by atoms with van der Waals surface area (Å²) in [6.07, 6.45) is 2.09. The van der Waals surface area contributed by atoms with Crippen LogP contribution in [0.1, 0.15) is 25.2 Å². The first-order valence-corrected chi connectivity index (χ1v) is 8.76. The molecule has 0 bridgehead atoms. The van der Waals surface area contributed by atoms with Gasteiger partial charge in [0, 0.05) is 29.3 Å². The zero-order chi connectivity index (χ0) is 17.0. The molecule has 7 heteroatoms. The summed E-state index contributed by atoms with van der Waals surface area (Å²) in [5.41, 5.74) is 1.65. The minimum Gasteiger partial charge on any atom is -0.459 e. The molecule has 0 fully saturated rings. The molecule has 0 aliphatic heterocycles. The van der Waals surface area contributed by atoms with Crippen molar-refractivity contribution in [1.82, 2.24) is 10.6 Å². The molecular weight excluding hydrogens is 440 g/mol. The molecule has 0 saturated heterocycles. The number of nitrogens with zero attached hydrogens (tertiary/aromatic N) is 1. The number of benzene rings is 1. The number of aliphatic imine (C=N–C) groups is 1. The third-order valence-electron chi connectivity index (χ3n) is 3.87. The van der Waals surface area contributed by atoms with Crippen molar-refractivity contribution in [2.75, 3.05) is 19.8 Å². The predicted octanol–water partition coefficient (Wildman–Crippen LogP) is 4.30. The van der Waals surface area contributed by atoms with E-state index in [1.54, 1.807) is 24.9 Å². The second-order valence-corrected chi connectivity index (χ2v) is 7.55. The number of hydrogen-bond donors (Lipinski definition) is 2. The Balaban J connectivity index is 0.00000288. The highest BCUT2D eigenvalue weighted by Gasteiger charge is 2.16. The van der Waals surface area contributed by atoms with Gasteiger partial charge in [0.2, 0.25) is 0 Å². The van der Waals surface area contributed by atoms with Gasteiger partial charge in [-0.05, 0) is 45.2 Å². The minimum absolute atomic E-state index is 0. The van der Waals surface area contributed by atoms with Gasteiger partial charge in [-0.3, -0.25) is 4.99 Å². The number of halogens is 2. The van der Waals surface area contributed by atoms with E-state index >= 15 is 0 Å². The number of thioether (sulfide) groups is 1. The summed E-state index contributed by atoms with van der Waals surface area (Å²) in [6, 6.07) is 4.58. The maximum Gasteiger partial charge on any atom is 0.191 e. The Kier molecular flexibility index (Phi) is 7.85. The molecule has 24 heavy (non-hydrogen) atoms. The van der Waals surface area contributed by atoms with E-state index in [-0.39, 0.29) is 34.5 Å². The summed E-state index contributed by atoms with van der Waals surface area (Å²) in [4.78, 5) is 4.22. The fourth-order valence-corrected chi connectivity index (χ4v) is 2.38. The van der Waals surface area contributed by atoms with E-state index < -0.39 is 0 Å². The van der Waals surface area contributed by atoms with E-state index in [1.807, 2.05) is 6.92 Å². The Bertz CT molecular complexity index is 715. The van der Waals surface area contributed by atoms with Crippen LogP contribution < -0.4 is 10.6 Å². The van der Waals surface area contributed by atoms with E-state index in [0.29, 0.717) is 12.1 Å². The number of rotatable bonds is 5. The lowest BCUT2D eigenvalue weighted by Crippen LogP contribution is -2.43. The SMILES string of the molecule is CN=C(NCc1oc2ccc(F)cc2c1C)NCC(C)(C)SC.I. The van der Waals surface area contributed by atoms with Gasteiger partial charge in [0.25, 0.3) is 0 Å². The molecule has 0 atom stereocenters. The van der Waals surface area contributed by atoms with Crippen molar-refractivity contribution in [3.8, 4) is 0 Å². The molecule has 0 aliphatic carbocycles. The molecule has 0 unspecified atom stereocenters. The van der Waals surface area contributed by atoms with Crippen LogP contribution in [0.4, 0.5) is 4.39 Å². The minimum atomic E-state index is -0.252. The van der Waals surface area contributed by atoms with Crippen LogP contribution in [0, 0.1) is 12.7 Å². The fourth-order valence-electron chi connectivity index (χ4n) is 2.17. The molecule has 0 amide bonds. The number of guanidine groups is 1. The molecule has 2 rings (SSSR count). The maximum absolute atomic E-state index is 13.4. The summed E-state index contributed by atoms with van der Waals surface area (Å²) in [7, 11) is 1.74. The number of furan rings is 1. The van der Waals surface area contributed by atoms with E-state index in [9.17, 15) is 4.39 Å². The number of fused-ring (bicyclic) bond motifs is 1. The van der Waals surface area contributed by atoms with Gasteiger partial charge in [0.1, 0.15) is 17.2 Å². The van der Waals surface area contributed by atoms with Crippen molar-refractivity contribution >= 4 is 52.7 Å². The highest BCUT2D eigenvalue weighted by molar-refractivity contribution is 14.0. The number of aryl methyl sites for hydroxylation is 1. The lowest BCUT2D eigenvalue weighted by molar-refractivity contribution is 0.533. The van der Waals surface area contributed by atoms with Gasteiger partial charge in [0.15, 0.2) is 5.96 Å². The van der Waals surface area contributed by atoms with Crippen LogP contribution in [-0.4, -0.2) is 30.6 Å². The maximum atomic E-state index is 13.4. The van der Waals surface area contributed by atoms with Gasteiger partial charge in [-0.1, -0.05) is 0 Å². The Labute approximate surface area is 164 Å². The van der Waals surface area contributed by atoms with Gasteiger partial charge in [-0.15, -0.1) is 24.0 Å². The topological polar surface area (TPSA) is 49.6 Å². The third-order valence-corrected chi connectivity index (χ3v) is 5.12. The monoisotopic (exact) mass is 465 g/mol. The second kappa shape index (κ2) is 8.94. The Morgan fingerprint density at radius 3 is 2.67 bits per heavy atom. The normalized spacial score (nSPS) is 12.2. The molecule has 134 valence electrons. The highest BCUT2D eigenvalue weighted by atomic mass is 127. The first-order valence-electron chi connectivity index (χ1n) is 7.53. The standard InChI is InChI=1S/C17H24FN3OS.HI/c1-11-13-8-12(18)6-7-14(13)22-15(11)9-20-16(19-4)21-10-17(2,3)23-5;/h6-8H,9-10H2,1-5H3,(H2,19,20,21);1H. The van der Waals surface area contributed by atoms with Crippen molar-refractivity contribution in [3.05, 3.63) is 35.3 Å². The van der Waals surface area contributed by atoms with Gasteiger partial charge in [-0.2, -0.15) is 11.8 Å². The van der Waals surface area contributed by atoms with E-state index in [4.69, 9.17) is 4.42 Å². The molecule has 0 radical (unpaired) electrons.